The molecule has 0 fully saturated rings. The number of amides is 3. The van der Waals surface area contributed by atoms with E-state index in [0.717, 1.165) is 0 Å². The first-order chi connectivity index (χ1) is 9.44. The molecule has 21 heavy (non-hydrogen) atoms. The molecule has 122 valence electrons. The van der Waals surface area contributed by atoms with Crippen molar-refractivity contribution in [3.8, 4) is 0 Å². The number of carbonyl (C=O) groups excluding carboxylic acids is 2. The highest BCUT2D eigenvalue weighted by Crippen LogP contribution is 2.03. The van der Waals surface area contributed by atoms with E-state index in [2.05, 4.69) is 10.6 Å². The predicted molar refractivity (Wildman–Crippen MR) is 80.0 cm³/mol. The third-order valence-electron chi connectivity index (χ3n) is 2.68. The van der Waals surface area contributed by atoms with Gasteiger partial charge >= 0.3 is 12.0 Å². The van der Waals surface area contributed by atoms with Crippen LogP contribution in [-0.2, 0) is 9.59 Å². The number of urea groups is 1. The van der Waals surface area contributed by atoms with Crippen LogP contribution in [0.3, 0.4) is 0 Å². The molecule has 0 rings (SSSR count). The molecule has 0 aromatic carbocycles. The molecule has 7 nitrogen and oxygen atoms in total. The Balaban J connectivity index is 4.60. The van der Waals surface area contributed by atoms with Gasteiger partial charge in [-0.05, 0) is 41.5 Å². The highest BCUT2D eigenvalue weighted by molar-refractivity contribution is 5.87. The number of carboxylic acids is 1. The Hall–Kier alpha value is -1.79. The molecule has 0 bridgehead atoms. The van der Waals surface area contributed by atoms with Crippen LogP contribution in [0.25, 0.3) is 0 Å². The summed E-state index contributed by atoms with van der Waals surface area (Å²) in [5, 5.41) is 14.1. The summed E-state index contributed by atoms with van der Waals surface area (Å²) in [5.41, 5.74) is -0.378. The highest BCUT2D eigenvalue weighted by atomic mass is 16.4. The van der Waals surface area contributed by atoms with E-state index < -0.39 is 18.0 Å². The monoisotopic (exact) mass is 301 g/mol. The molecule has 0 aliphatic carbocycles. The first-order valence-corrected chi connectivity index (χ1v) is 7.05. The molecule has 0 aromatic rings. The fraction of sp³-hybridized carbons (Fsp3) is 0.786. The predicted octanol–water partition coefficient (Wildman–Crippen LogP) is 1.18. The number of aliphatic carboxylic acids is 1. The molecule has 0 aliphatic heterocycles. The topological polar surface area (TPSA) is 98.7 Å². The van der Waals surface area contributed by atoms with Gasteiger partial charge in [0.25, 0.3) is 0 Å². The molecule has 0 aromatic heterocycles. The lowest BCUT2D eigenvalue weighted by Crippen LogP contribution is -2.54. The Kier molecular flexibility index (Phi) is 7.18. The summed E-state index contributed by atoms with van der Waals surface area (Å²) in [5.74, 6) is -1.25. The van der Waals surface area contributed by atoms with Crippen LogP contribution in [-0.4, -0.2) is 52.1 Å². The molecular formula is C14H27N3O4. The average molecular weight is 301 g/mol. The Morgan fingerprint density at radius 1 is 1.14 bits per heavy atom. The summed E-state index contributed by atoms with van der Waals surface area (Å²) in [4.78, 5) is 36.0. The van der Waals surface area contributed by atoms with E-state index in [-0.39, 0.29) is 30.5 Å². The Labute approximate surface area is 126 Å². The number of nitrogens with one attached hydrogen (secondary N) is 2. The van der Waals surface area contributed by atoms with Crippen LogP contribution in [0, 0.1) is 0 Å². The molecule has 1 unspecified atom stereocenters. The van der Waals surface area contributed by atoms with Gasteiger partial charge in [-0.3, -0.25) is 9.59 Å². The fourth-order valence-corrected chi connectivity index (χ4v) is 1.62. The molecule has 1 atom stereocenters. The van der Waals surface area contributed by atoms with Crippen LogP contribution < -0.4 is 10.6 Å². The molecule has 3 amide bonds. The zero-order valence-electron chi connectivity index (χ0n) is 13.7. The van der Waals surface area contributed by atoms with Crippen molar-refractivity contribution in [2.75, 3.05) is 6.54 Å². The number of rotatable bonds is 6. The van der Waals surface area contributed by atoms with Gasteiger partial charge in [0.1, 0.15) is 6.04 Å². The van der Waals surface area contributed by atoms with Crippen molar-refractivity contribution in [3.63, 3.8) is 0 Å². The standard InChI is InChI=1S/C14H27N3O4/c1-9(2)17(8-7-11(18)19)13(21)15-10(3)12(20)16-14(4,5)6/h9-10H,7-8H2,1-6H3,(H,15,21)(H,16,20)(H,18,19). The van der Waals surface area contributed by atoms with Gasteiger partial charge in [-0.1, -0.05) is 0 Å². The van der Waals surface area contributed by atoms with Crippen molar-refractivity contribution in [2.45, 2.75) is 65.6 Å². The summed E-state index contributed by atoms with van der Waals surface area (Å²) < 4.78 is 0. The molecular weight excluding hydrogens is 274 g/mol. The maximum Gasteiger partial charge on any atom is 0.318 e. The zero-order chi connectivity index (χ0) is 16.8. The second-order valence-electron chi connectivity index (χ2n) is 6.34. The first-order valence-electron chi connectivity index (χ1n) is 7.05. The van der Waals surface area contributed by atoms with Crippen LogP contribution in [0.4, 0.5) is 4.79 Å². The van der Waals surface area contributed by atoms with Gasteiger partial charge < -0.3 is 20.6 Å². The van der Waals surface area contributed by atoms with Crippen molar-refractivity contribution >= 4 is 17.9 Å². The lowest BCUT2D eigenvalue weighted by Gasteiger charge is -2.29. The first kappa shape index (κ1) is 19.2. The molecule has 0 radical (unpaired) electrons. The van der Waals surface area contributed by atoms with E-state index in [4.69, 9.17) is 5.11 Å². The van der Waals surface area contributed by atoms with Gasteiger partial charge in [0, 0.05) is 18.1 Å². The van der Waals surface area contributed by atoms with Gasteiger partial charge in [0.05, 0.1) is 6.42 Å². The van der Waals surface area contributed by atoms with E-state index in [1.807, 2.05) is 20.8 Å². The van der Waals surface area contributed by atoms with E-state index in [0.29, 0.717) is 0 Å². The minimum Gasteiger partial charge on any atom is -0.481 e. The van der Waals surface area contributed by atoms with E-state index in [1.54, 1.807) is 20.8 Å². The minimum atomic E-state index is -0.966. The summed E-state index contributed by atoms with van der Waals surface area (Å²) in [7, 11) is 0. The Bertz CT molecular complexity index is 388. The van der Waals surface area contributed by atoms with Gasteiger partial charge in [0.15, 0.2) is 0 Å². The number of nitrogens with zero attached hydrogens (tertiary/aromatic N) is 1. The van der Waals surface area contributed by atoms with Crippen LogP contribution in [0.1, 0.15) is 48.0 Å². The summed E-state index contributed by atoms with van der Waals surface area (Å²) in [6, 6.07) is -1.28. The molecule has 0 saturated carbocycles. The van der Waals surface area contributed by atoms with E-state index in [9.17, 15) is 14.4 Å². The van der Waals surface area contributed by atoms with E-state index >= 15 is 0 Å². The Morgan fingerprint density at radius 2 is 1.67 bits per heavy atom. The highest BCUT2D eigenvalue weighted by Gasteiger charge is 2.24. The van der Waals surface area contributed by atoms with Crippen LogP contribution in [0.15, 0.2) is 0 Å². The smallest absolute Gasteiger partial charge is 0.318 e. The quantitative estimate of drug-likeness (QED) is 0.686. The molecule has 7 heteroatoms. The molecule has 0 heterocycles. The number of hydrogen-bond acceptors (Lipinski definition) is 3. The van der Waals surface area contributed by atoms with Crippen molar-refractivity contribution in [3.05, 3.63) is 0 Å². The lowest BCUT2D eigenvalue weighted by atomic mass is 10.1. The van der Waals surface area contributed by atoms with Crippen molar-refractivity contribution in [2.24, 2.45) is 0 Å². The third-order valence-corrected chi connectivity index (χ3v) is 2.68. The van der Waals surface area contributed by atoms with Crippen LogP contribution in [0.2, 0.25) is 0 Å². The maximum atomic E-state index is 12.1. The molecule has 3 N–H and O–H groups in total. The zero-order valence-corrected chi connectivity index (χ0v) is 13.7. The van der Waals surface area contributed by atoms with Crippen molar-refractivity contribution in [1.29, 1.82) is 0 Å². The SMILES string of the molecule is CC(NC(=O)N(CCC(=O)O)C(C)C)C(=O)NC(C)(C)C. The van der Waals surface area contributed by atoms with Gasteiger partial charge in [-0.2, -0.15) is 0 Å². The number of hydrogen-bond donors (Lipinski definition) is 3. The lowest BCUT2D eigenvalue weighted by molar-refractivity contribution is -0.137. The third kappa shape index (κ3) is 8.16. The second-order valence-corrected chi connectivity index (χ2v) is 6.34. The van der Waals surface area contributed by atoms with E-state index in [1.165, 1.54) is 4.90 Å². The number of carbonyl (C=O) groups is 3. The normalized spacial score (nSPS) is 12.7. The van der Waals surface area contributed by atoms with Gasteiger partial charge in [-0.15, -0.1) is 0 Å². The van der Waals surface area contributed by atoms with Crippen LogP contribution in [0.5, 0.6) is 0 Å². The fourth-order valence-electron chi connectivity index (χ4n) is 1.62. The van der Waals surface area contributed by atoms with Crippen molar-refractivity contribution < 1.29 is 19.5 Å². The Morgan fingerprint density at radius 3 is 2.05 bits per heavy atom. The summed E-state index contributed by atoms with van der Waals surface area (Å²) in [6.45, 7) is 10.8. The second kappa shape index (κ2) is 7.85. The average Bonchev–Trinajstić information content (AvgIpc) is 2.25. The maximum absolute atomic E-state index is 12.1. The van der Waals surface area contributed by atoms with Crippen LogP contribution >= 0.6 is 0 Å². The summed E-state index contributed by atoms with van der Waals surface area (Å²) >= 11 is 0. The molecule has 0 aliphatic rings. The van der Waals surface area contributed by atoms with Crippen molar-refractivity contribution in [1.82, 2.24) is 15.5 Å². The largest absolute Gasteiger partial charge is 0.481 e. The van der Waals surface area contributed by atoms with Gasteiger partial charge in [-0.25, -0.2) is 4.79 Å². The molecule has 0 saturated heterocycles. The molecule has 0 spiro atoms. The number of carboxylic acid groups (broad SMARTS) is 1. The summed E-state index contributed by atoms with van der Waals surface area (Å²) in [6.07, 6.45) is -0.131. The van der Waals surface area contributed by atoms with Gasteiger partial charge in [0.2, 0.25) is 5.91 Å². The minimum absolute atomic E-state index is 0.104.